The van der Waals surface area contributed by atoms with E-state index in [1.165, 1.54) is 0 Å². The van der Waals surface area contributed by atoms with Gasteiger partial charge in [-0.2, -0.15) is 0 Å². The Labute approximate surface area is 100 Å². The Morgan fingerprint density at radius 2 is 2.25 bits per heavy atom. The zero-order chi connectivity index (χ0) is 11.7. The van der Waals surface area contributed by atoms with Gasteiger partial charge in [-0.1, -0.05) is 25.4 Å². The predicted octanol–water partition coefficient (Wildman–Crippen LogP) is 2.75. The predicted molar refractivity (Wildman–Crippen MR) is 67.1 cm³/mol. The number of halogens is 1. The number of anilines is 2. The van der Waals surface area contributed by atoms with Crippen LogP contribution in [0.15, 0.2) is 18.2 Å². The maximum absolute atomic E-state index is 11.8. The van der Waals surface area contributed by atoms with Crippen LogP contribution in [0.4, 0.5) is 11.4 Å². The molecule has 1 aromatic rings. The van der Waals surface area contributed by atoms with Gasteiger partial charge in [0.15, 0.2) is 0 Å². The number of carbonyl (C=O) groups is 1. The van der Waals surface area contributed by atoms with Gasteiger partial charge in [0.25, 0.3) is 0 Å². The van der Waals surface area contributed by atoms with Gasteiger partial charge >= 0.3 is 0 Å². The summed E-state index contributed by atoms with van der Waals surface area (Å²) in [4.78, 5) is 13.6. The monoisotopic (exact) mass is 238 g/mol. The number of amides is 1. The van der Waals surface area contributed by atoms with Crippen LogP contribution < -0.4 is 10.2 Å². The maximum Gasteiger partial charge on any atom is 0.246 e. The van der Waals surface area contributed by atoms with Crippen LogP contribution >= 0.6 is 11.6 Å². The van der Waals surface area contributed by atoms with Crippen molar-refractivity contribution >= 4 is 28.9 Å². The summed E-state index contributed by atoms with van der Waals surface area (Å²) in [7, 11) is 0. The Morgan fingerprint density at radius 1 is 1.50 bits per heavy atom. The molecule has 1 aliphatic rings. The molecular formula is C12H15ClN2O. The number of hydrogen-bond acceptors (Lipinski definition) is 2. The molecule has 86 valence electrons. The molecular weight excluding hydrogens is 224 g/mol. The SMILES string of the molecule is CC(C)CN1C(=O)CNc2ccc(Cl)cc21. The van der Waals surface area contributed by atoms with E-state index >= 15 is 0 Å². The first-order chi connectivity index (χ1) is 7.58. The summed E-state index contributed by atoms with van der Waals surface area (Å²) in [6.45, 7) is 5.29. The van der Waals surface area contributed by atoms with Crippen LogP contribution in [0.3, 0.4) is 0 Å². The van der Waals surface area contributed by atoms with Gasteiger partial charge in [-0.05, 0) is 24.1 Å². The molecule has 16 heavy (non-hydrogen) atoms. The minimum Gasteiger partial charge on any atom is -0.374 e. The first-order valence-corrected chi connectivity index (χ1v) is 5.79. The molecule has 0 aromatic heterocycles. The van der Waals surface area contributed by atoms with Gasteiger partial charge in [0.2, 0.25) is 5.91 Å². The van der Waals surface area contributed by atoms with E-state index in [0.717, 1.165) is 17.9 Å². The van der Waals surface area contributed by atoms with Crippen LogP contribution in [-0.4, -0.2) is 19.0 Å². The minimum atomic E-state index is 0.100. The zero-order valence-electron chi connectivity index (χ0n) is 9.46. The third kappa shape index (κ3) is 2.14. The summed E-state index contributed by atoms with van der Waals surface area (Å²) in [5.74, 6) is 0.539. The Kier molecular flexibility index (Phi) is 3.06. The van der Waals surface area contributed by atoms with E-state index in [0.29, 0.717) is 17.5 Å². The van der Waals surface area contributed by atoms with Crippen molar-refractivity contribution in [3.05, 3.63) is 23.2 Å². The smallest absolute Gasteiger partial charge is 0.246 e. The van der Waals surface area contributed by atoms with Crippen molar-refractivity contribution in [3.63, 3.8) is 0 Å². The lowest BCUT2D eigenvalue weighted by molar-refractivity contribution is -0.117. The first-order valence-electron chi connectivity index (χ1n) is 5.41. The molecule has 1 N–H and O–H groups in total. The molecule has 1 aliphatic heterocycles. The standard InChI is InChI=1S/C12H15ClN2O/c1-8(2)7-15-11-5-9(13)3-4-10(11)14-6-12(15)16/h3-5,8,14H,6-7H2,1-2H3. The molecule has 1 heterocycles. The molecule has 0 atom stereocenters. The molecule has 1 aromatic carbocycles. The number of fused-ring (bicyclic) bond motifs is 1. The number of rotatable bonds is 2. The molecule has 0 aliphatic carbocycles. The second-order valence-electron chi connectivity index (χ2n) is 4.41. The number of benzene rings is 1. The Balaban J connectivity index is 2.38. The number of carbonyl (C=O) groups excluding carboxylic acids is 1. The Bertz CT molecular complexity index is 417. The molecule has 0 radical (unpaired) electrons. The summed E-state index contributed by atoms with van der Waals surface area (Å²) in [6.07, 6.45) is 0. The summed E-state index contributed by atoms with van der Waals surface area (Å²) >= 11 is 5.96. The number of nitrogens with one attached hydrogen (secondary N) is 1. The molecule has 1 amide bonds. The fraction of sp³-hybridized carbons (Fsp3) is 0.417. The molecule has 0 saturated heterocycles. The van der Waals surface area contributed by atoms with Crippen molar-refractivity contribution in [1.29, 1.82) is 0 Å². The van der Waals surface area contributed by atoms with Gasteiger partial charge < -0.3 is 10.2 Å². The van der Waals surface area contributed by atoms with Crippen LogP contribution in [0.1, 0.15) is 13.8 Å². The highest BCUT2D eigenvalue weighted by Crippen LogP contribution is 2.32. The molecule has 0 unspecified atom stereocenters. The van der Waals surface area contributed by atoms with E-state index in [-0.39, 0.29) is 5.91 Å². The van der Waals surface area contributed by atoms with Gasteiger partial charge in [0.05, 0.1) is 17.9 Å². The summed E-state index contributed by atoms with van der Waals surface area (Å²) < 4.78 is 0. The number of hydrogen-bond donors (Lipinski definition) is 1. The molecule has 0 fully saturated rings. The van der Waals surface area contributed by atoms with Crippen molar-refractivity contribution in [2.24, 2.45) is 5.92 Å². The minimum absolute atomic E-state index is 0.100. The van der Waals surface area contributed by atoms with E-state index < -0.39 is 0 Å². The van der Waals surface area contributed by atoms with Crippen molar-refractivity contribution in [2.75, 3.05) is 23.3 Å². The quantitative estimate of drug-likeness (QED) is 0.859. The Morgan fingerprint density at radius 3 is 2.94 bits per heavy atom. The van der Waals surface area contributed by atoms with Crippen molar-refractivity contribution in [2.45, 2.75) is 13.8 Å². The van der Waals surface area contributed by atoms with Gasteiger partial charge in [-0.25, -0.2) is 0 Å². The maximum atomic E-state index is 11.8. The third-order valence-electron chi connectivity index (χ3n) is 2.53. The average molecular weight is 239 g/mol. The fourth-order valence-electron chi connectivity index (χ4n) is 1.84. The zero-order valence-corrected chi connectivity index (χ0v) is 10.2. The van der Waals surface area contributed by atoms with Crippen LogP contribution in [0, 0.1) is 5.92 Å². The van der Waals surface area contributed by atoms with Crippen LogP contribution in [-0.2, 0) is 4.79 Å². The second kappa shape index (κ2) is 4.34. The van der Waals surface area contributed by atoms with E-state index in [1.807, 2.05) is 23.1 Å². The first kappa shape index (κ1) is 11.3. The summed E-state index contributed by atoms with van der Waals surface area (Å²) in [6, 6.07) is 5.58. The molecule has 2 rings (SSSR count). The van der Waals surface area contributed by atoms with Gasteiger partial charge in [-0.15, -0.1) is 0 Å². The van der Waals surface area contributed by atoms with Gasteiger partial charge in [0.1, 0.15) is 0 Å². The van der Waals surface area contributed by atoms with Crippen LogP contribution in [0.5, 0.6) is 0 Å². The Hall–Kier alpha value is -1.22. The lowest BCUT2D eigenvalue weighted by Crippen LogP contribution is -2.41. The van der Waals surface area contributed by atoms with Crippen LogP contribution in [0.25, 0.3) is 0 Å². The van der Waals surface area contributed by atoms with E-state index in [2.05, 4.69) is 19.2 Å². The largest absolute Gasteiger partial charge is 0.374 e. The van der Waals surface area contributed by atoms with E-state index in [4.69, 9.17) is 11.6 Å². The molecule has 0 spiro atoms. The highest BCUT2D eigenvalue weighted by Gasteiger charge is 2.24. The van der Waals surface area contributed by atoms with Gasteiger partial charge in [0, 0.05) is 11.6 Å². The summed E-state index contributed by atoms with van der Waals surface area (Å²) in [5.41, 5.74) is 1.86. The number of nitrogens with zero attached hydrogens (tertiary/aromatic N) is 1. The lowest BCUT2D eigenvalue weighted by atomic mass is 10.1. The van der Waals surface area contributed by atoms with Gasteiger partial charge in [-0.3, -0.25) is 4.79 Å². The molecule has 3 nitrogen and oxygen atoms in total. The molecule has 0 bridgehead atoms. The van der Waals surface area contributed by atoms with E-state index in [9.17, 15) is 4.79 Å². The summed E-state index contributed by atoms with van der Waals surface area (Å²) in [5, 5.41) is 3.75. The highest BCUT2D eigenvalue weighted by atomic mass is 35.5. The second-order valence-corrected chi connectivity index (χ2v) is 4.85. The third-order valence-corrected chi connectivity index (χ3v) is 2.76. The highest BCUT2D eigenvalue weighted by molar-refractivity contribution is 6.31. The molecule has 4 heteroatoms. The fourth-order valence-corrected chi connectivity index (χ4v) is 2.01. The lowest BCUT2D eigenvalue weighted by Gasteiger charge is -2.31. The van der Waals surface area contributed by atoms with Crippen molar-refractivity contribution in [1.82, 2.24) is 0 Å². The van der Waals surface area contributed by atoms with Crippen molar-refractivity contribution < 1.29 is 4.79 Å². The average Bonchev–Trinajstić information content (AvgIpc) is 2.22. The topological polar surface area (TPSA) is 32.3 Å². The molecule has 0 saturated carbocycles. The van der Waals surface area contributed by atoms with Crippen LogP contribution in [0.2, 0.25) is 5.02 Å². The van der Waals surface area contributed by atoms with E-state index in [1.54, 1.807) is 0 Å². The van der Waals surface area contributed by atoms with Crippen molar-refractivity contribution in [3.8, 4) is 0 Å². The normalized spacial score (nSPS) is 15.0.